The number of ether oxygens (including phenoxy) is 1. The van der Waals surface area contributed by atoms with Crippen molar-refractivity contribution in [3.8, 4) is 6.07 Å². The van der Waals surface area contributed by atoms with Crippen molar-refractivity contribution in [3.05, 3.63) is 114 Å². The minimum Gasteiger partial charge on any atom is -0.445 e. The quantitative estimate of drug-likeness (QED) is 0.281. The third kappa shape index (κ3) is 6.60. The molecule has 7 nitrogen and oxygen atoms in total. The van der Waals surface area contributed by atoms with Crippen LogP contribution in [0.5, 0.6) is 0 Å². The smallest absolute Gasteiger partial charge is 0.410 e. The van der Waals surface area contributed by atoms with E-state index in [9.17, 15) is 14.9 Å². The van der Waals surface area contributed by atoms with Crippen molar-refractivity contribution in [3.63, 3.8) is 0 Å². The molecule has 1 fully saturated rings. The number of hydrogen-bond acceptors (Lipinski definition) is 5. The van der Waals surface area contributed by atoms with Gasteiger partial charge in [0, 0.05) is 24.2 Å². The molecule has 1 aliphatic rings. The zero-order chi connectivity index (χ0) is 27.8. The van der Waals surface area contributed by atoms with Crippen LogP contribution in [0.3, 0.4) is 0 Å². The molecule has 3 aromatic carbocycles. The van der Waals surface area contributed by atoms with Gasteiger partial charge in [0.15, 0.2) is 0 Å². The Balaban J connectivity index is 1.66. The first kappa shape index (κ1) is 27.3. The number of nitriles is 1. The lowest BCUT2D eigenvalue weighted by Gasteiger charge is -2.42. The molecule has 0 aliphatic carbocycles. The Morgan fingerprint density at radius 1 is 1.10 bits per heavy atom. The molecule has 0 spiro atoms. The molecule has 2 amide bonds. The molecule has 1 atom stereocenters. The van der Waals surface area contributed by atoms with Gasteiger partial charge in [-0.15, -0.1) is 0 Å². The molecule has 0 radical (unpaired) electrons. The number of piperazine rings is 1. The SMILES string of the molecule is C=CCOC(=O)N1CC(=O)N(Cc2ccc(C#N)c(N=C(c3ccccc3)c3ccccc3)c2)C(C(C)C)C1. The highest BCUT2D eigenvalue weighted by molar-refractivity contribution is 6.14. The van der Waals surface area contributed by atoms with Crippen LogP contribution in [-0.2, 0) is 16.1 Å². The summed E-state index contributed by atoms with van der Waals surface area (Å²) in [6.45, 7) is 8.41. The van der Waals surface area contributed by atoms with E-state index in [-0.39, 0.29) is 31.0 Å². The van der Waals surface area contributed by atoms with Gasteiger partial charge >= 0.3 is 6.09 Å². The fraction of sp³-hybridized carbons (Fsp3) is 0.250. The number of carbonyl (C=O) groups excluding carboxylic acids is 2. The lowest BCUT2D eigenvalue weighted by atomic mass is 9.98. The molecule has 3 aromatic rings. The second-order valence-corrected chi connectivity index (χ2v) is 9.73. The molecule has 0 aromatic heterocycles. The summed E-state index contributed by atoms with van der Waals surface area (Å²) in [7, 11) is 0. The van der Waals surface area contributed by atoms with Gasteiger partial charge in [0.25, 0.3) is 0 Å². The maximum Gasteiger partial charge on any atom is 0.410 e. The maximum absolute atomic E-state index is 13.2. The molecule has 0 saturated carbocycles. The summed E-state index contributed by atoms with van der Waals surface area (Å²) >= 11 is 0. The van der Waals surface area contributed by atoms with Crippen molar-refractivity contribution in [1.29, 1.82) is 5.26 Å². The molecule has 0 N–H and O–H groups in total. The van der Waals surface area contributed by atoms with Gasteiger partial charge in [0.1, 0.15) is 19.2 Å². The lowest BCUT2D eigenvalue weighted by Crippen LogP contribution is -2.59. The van der Waals surface area contributed by atoms with Gasteiger partial charge < -0.3 is 9.64 Å². The van der Waals surface area contributed by atoms with E-state index >= 15 is 0 Å². The number of amides is 2. The predicted octanol–water partition coefficient (Wildman–Crippen LogP) is 5.72. The van der Waals surface area contributed by atoms with E-state index in [0.717, 1.165) is 22.4 Å². The maximum atomic E-state index is 13.2. The molecule has 7 heteroatoms. The van der Waals surface area contributed by atoms with Crippen molar-refractivity contribution in [2.45, 2.75) is 26.4 Å². The Bertz CT molecular complexity index is 1350. The highest BCUT2D eigenvalue weighted by Gasteiger charge is 2.36. The Hall–Kier alpha value is -4.70. The molecular formula is C32H32N4O3. The first-order valence-electron chi connectivity index (χ1n) is 13.0. The zero-order valence-electron chi connectivity index (χ0n) is 22.3. The summed E-state index contributed by atoms with van der Waals surface area (Å²) in [6.07, 6.45) is 0.986. The minimum atomic E-state index is -0.516. The molecule has 1 heterocycles. The Kier molecular flexibility index (Phi) is 8.90. The monoisotopic (exact) mass is 520 g/mol. The van der Waals surface area contributed by atoms with Crippen LogP contribution in [0.1, 0.15) is 36.1 Å². The van der Waals surface area contributed by atoms with Crippen LogP contribution >= 0.6 is 0 Å². The van der Waals surface area contributed by atoms with Crippen molar-refractivity contribution in [2.24, 2.45) is 10.9 Å². The molecule has 0 bridgehead atoms. The summed E-state index contributed by atoms with van der Waals surface area (Å²) in [5.74, 6) is -0.0400. The molecular weight excluding hydrogens is 488 g/mol. The summed E-state index contributed by atoms with van der Waals surface area (Å²) < 4.78 is 5.16. The van der Waals surface area contributed by atoms with E-state index in [0.29, 0.717) is 24.3 Å². The number of nitrogens with zero attached hydrogens (tertiary/aromatic N) is 4. The summed E-state index contributed by atoms with van der Waals surface area (Å²) in [6, 6.07) is 27.3. The fourth-order valence-electron chi connectivity index (χ4n) is 4.63. The van der Waals surface area contributed by atoms with Crippen LogP contribution in [0.25, 0.3) is 0 Å². The Labute approximate surface area is 229 Å². The zero-order valence-corrected chi connectivity index (χ0v) is 22.3. The van der Waals surface area contributed by atoms with E-state index < -0.39 is 6.09 Å². The predicted molar refractivity (Wildman–Crippen MR) is 152 cm³/mol. The van der Waals surface area contributed by atoms with Gasteiger partial charge in [-0.3, -0.25) is 9.69 Å². The second-order valence-electron chi connectivity index (χ2n) is 9.73. The molecule has 4 rings (SSSR count). The van der Waals surface area contributed by atoms with Gasteiger partial charge in [-0.05, 0) is 23.6 Å². The van der Waals surface area contributed by atoms with E-state index in [1.807, 2.05) is 91.5 Å². The topological polar surface area (TPSA) is 86.0 Å². The van der Waals surface area contributed by atoms with Crippen LogP contribution in [0.15, 0.2) is 96.5 Å². The lowest BCUT2D eigenvalue weighted by molar-refractivity contribution is -0.141. The molecule has 1 aliphatic heterocycles. The van der Waals surface area contributed by atoms with Crippen LogP contribution in [0.2, 0.25) is 0 Å². The van der Waals surface area contributed by atoms with Gasteiger partial charge in [-0.25, -0.2) is 9.79 Å². The number of rotatable bonds is 8. The largest absolute Gasteiger partial charge is 0.445 e. The minimum absolute atomic E-state index is 0.0490. The van der Waals surface area contributed by atoms with Crippen molar-refractivity contribution < 1.29 is 14.3 Å². The van der Waals surface area contributed by atoms with Crippen molar-refractivity contribution >= 4 is 23.4 Å². The van der Waals surface area contributed by atoms with E-state index in [1.165, 1.54) is 11.0 Å². The summed E-state index contributed by atoms with van der Waals surface area (Å²) in [5.41, 5.74) is 4.48. The molecule has 1 saturated heterocycles. The van der Waals surface area contributed by atoms with E-state index in [4.69, 9.17) is 9.73 Å². The van der Waals surface area contributed by atoms with Gasteiger partial charge in [0.05, 0.1) is 23.0 Å². The van der Waals surface area contributed by atoms with Gasteiger partial charge in [-0.1, -0.05) is 93.2 Å². The third-order valence-electron chi connectivity index (χ3n) is 6.67. The van der Waals surface area contributed by atoms with Crippen LogP contribution in [0, 0.1) is 17.2 Å². The molecule has 1 unspecified atom stereocenters. The summed E-state index contributed by atoms with van der Waals surface area (Å²) in [4.78, 5) is 33.9. The first-order chi connectivity index (χ1) is 18.9. The molecule has 198 valence electrons. The highest BCUT2D eigenvalue weighted by Crippen LogP contribution is 2.27. The number of hydrogen-bond donors (Lipinski definition) is 0. The Morgan fingerprint density at radius 3 is 2.31 bits per heavy atom. The normalized spacial score (nSPS) is 15.0. The third-order valence-corrected chi connectivity index (χ3v) is 6.67. The standard InChI is InChI=1S/C32H32N4O3/c1-4-17-39-32(38)35-21-29(23(2)3)36(30(37)22-35)20-24-15-16-27(19-33)28(18-24)34-31(25-11-7-5-8-12-25)26-13-9-6-10-14-26/h4-16,18,23,29H,1,17,20-22H2,2-3H3. The highest BCUT2D eigenvalue weighted by atomic mass is 16.6. The van der Waals surface area contributed by atoms with Crippen molar-refractivity contribution in [1.82, 2.24) is 9.80 Å². The number of carbonyl (C=O) groups is 2. The average Bonchev–Trinajstić information content (AvgIpc) is 2.96. The van der Waals surface area contributed by atoms with Gasteiger partial charge in [0.2, 0.25) is 5.91 Å². The first-order valence-corrected chi connectivity index (χ1v) is 13.0. The average molecular weight is 521 g/mol. The van der Waals surface area contributed by atoms with E-state index in [2.05, 4.69) is 12.6 Å². The second kappa shape index (κ2) is 12.7. The van der Waals surface area contributed by atoms with Crippen LogP contribution in [-0.4, -0.2) is 53.3 Å². The molecule has 39 heavy (non-hydrogen) atoms. The van der Waals surface area contributed by atoms with Crippen LogP contribution < -0.4 is 0 Å². The van der Waals surface area contributed by atoms with Crippen LogP contribution in [0.4, 0.5) is 10.5 Å². The van der Waals surface area contributed by atoms with Crippen molar-refractivity contribution in [2.75, 3.05) is 19.7 Å². The number of aliphatic imine (C=N–C) groups is 1. The Morgan fingerprint density at radius 2 is 1.74 bits per heavy atom. The number of benzene rings is 3. The summed E-state index contributed by atoms with van der Waals surface area (Å²) in [5, 5.41) is 9.85. The van der Waals surface area contributed by atoms with E-state index in [1.54, 1.807) is 6.07 Å². The fourth-order valence-corrected chi connectivity index (χ4v) is 4.63. The van der Waals surface area contributed by atoms with Gasteiger partial charge in [-0.2, -0.15) is 5.26 Å².